The lowest BCUT2D eigenvalue weighted by Gasteiger charge is -2.03. The molecule has 1 aromatic carbocycles. The Morgan fingerprint density at radius 2 is 1.87 bits per heavy atom. The topological polar surface area (TPSA) is 127 Å². The Kier molecular flexibility index (Phi) is 4.82. The number of amides is 2. The molecule has 0 saturated heterocycles. The van der Waals surface area contributed by atoms with Crippen LogP contribution in [0.5, 0.6) is 0 Å². The molecule has 2 N–H and O–H groups in total. The predicted molar refractivity (Wildman–Crippen MR) is 80.9 cm³/mol. The first kappa shape index (κ1) is 15.9. The molecular weight excluding hydrogens is 304 g/mol. The van der Waals surface area contributed by atoms with E-state index in [2.05, 4.69) is 10.4 Å². The zero-order valence-corrected chi connectivity index (χ0v) is 12.0. The molecule has 1 heterocycles. The van der Waals surface area contributed by atoms with Crippen molar-refractivity contribution >= 4 is 29.6 Å². The van der Waals surface area contributed by atoms with Crippen molar-refractivity contribution in [3.05, 3.63) is 57.8 Å². The summed E-state index contributed by atoms with van der Waals surface area (Å²) in [5.74, 6) is -2.26. The summed E-state index contributed by atoms with van der Waals surface area (Å²) in [4.78, 5) is 32.9. The van der Waals surface area contributed by atoms with Crippen LogP contribution in [0.2, 0.25) is 0 Å². The highest BCUT2D eigenvalue weighted by Gasteiger charge is 2.13. The number of nitrogens with one attached hydrogen (secondary N) is 2. The number of furan rings is 1. The Morgan fingerprint density at radius 1 is 1.17 bits per heavy atom. The number of nitrogens with zero attached hydrogens (tertiary/aromatic N) is 2. The normalized spacial score (nSPS) is 10.5. The molecule has 0 radical (unpaired) electrons. The van der Waals surface area contributed by atoms with E-state index in [-0.39, 0.29) is 5.76 Å². The summed E-state index contributed by atoms with van der Waals surface area (Å²) in [7, 11) is 0. The maximum absolute atomic E-state index is 11.6. The van der Waals surface area contributed by atoms with Crippen molar-refractivity contribution in [2.75, 3.05) is 5.32 Å². The van der Waals surface area contributed by atoms with Gasteiger partial charge in [-0.2, -0.15) is 5.10 Å². The van der Waals surface area contributed by atoms with Crippen molar-refractivity contribution in [3.63, 3.8) is 0 Å². The summed E-state index contributed by atoms with van der Waals surface area (Å²) in [6.07, 6.45) is 1.05. The second-order valence-corrected chi connectivity index (χ2v) is 4.45. The molecule has 2 aromatic rings. The van der Waals surface area contributed by atoms with Crippen molar-refractivity contribution in [1.82, 2.24) is 5.43 Å². The molecular formula is C14H12N4O5. The number of aryl methyl sites for hydroxylation is 1. The van der Waals surface area contributed by atoms with Crippen LogP contribution in [-0.4, -0.2) is 23.0 Å². The van der Waals surface area contributed by atoms with Gasteiger partial charge < -0.3 is 9.73 Å². The number of benzene rings is 1. The van der Waals surface area contributed by atoms with Crippen molar-refractivity contribution in [3.8, 4) is 0 Å². The van der Waals surface area contributed by atoms with E-state index in [4.69, 9.17) is 4.42 Å². The van der Waals surface area contributed by atoms with Crippen molar-refractivity contribution < 1.29 is 18.9 Å². The number of carbonyl (C=O) groups is 2. The van der Waals surface area contributed by atoms with Gasteiger partial charge in [0.15, 0.2) is 5.76 Å². The molecule has 1 aromatic heterocycles. The van der Waals surface area contributed by atoms with Crippen LogP contribution < -0.4 is 10.7 Å². The van der Waals surface area contributed by atoms with E-state index in [0.717, 1.165) is 17.8 Å². The molecule has 0 aliphatic rings. The molecule has 118 valence electrons. The Morgan fingerprint density at radius 3 is 2.48 bits per heavy atom. The van der Waals surface area contributed by atoms with Gasteiger partial charge in [-0.15, -0.1) is 0 Å². The van der Waals surface area contributed by atoms with Gasteiger partial charge in [-0.1, -0.05) is 17.7 Å². The molecule has 0 spiro atoms. The van der Waals surface area contributed by atoms with E-state index in [9.17, 15) is 19.7 Å². The third kappa shape index (κ3) is 4.49. The maximum Gasteiger partial charge on any atom is 0.433 e. The van der Waals surface area contributed by atoms with E-state index in [1.807, 2.05) is 12.3 Å². The molecule has 0 atom stereocenters. The number of anilines is 1. The average molecular weight is 316 g/mol. The van der Waals surface area contributed by atoms with Crippen LogP contribution in [0, 0.1) is 17.0 Å². The highest BCUT2D eigenvalue weighted by molar-refractivity contribution is 6.39. The summed E-state index contributed by atoms with van der Waals surface area (Å²) in [5.41, 5.74) is 3.48. The quantitative estimate of drug-likeness (QED) is 0.383. The van der Waals surface area contributed by atoms with Crippen LogP contribution in [0.15, 0.2) is 45.9 Å². The van der Waals surface area contributed by atoms with Crippen LogP contribution in [0.25, 0.3) is 0 Å². The Labute approximate surface area is 130 Å². The number of nitro groups is 1. The Hall–Kier alpha value is -3.49. The number of rotatable bonds is 4. The lowest BCUT2D eigenvalue weighted by Crippen LogP contribution is -2.32. The number of carbonyl (C=O) groups excluding carboxylic acids is 2. The van der Waals surface area contributed by atoms with Gasteiger partial charge in [0.2, 0.25) is 0 Å². The fourth-order valence-corrected chi connectivity index (χ4v) is 1.54. The van der Waals surface area contributed by atoms with Crippen molar-refractivity contribution in [1.29, 1.82) is 0 Å². The van der Waals surface area contributed by atoms with Crippen molar-refractivity contribution in [2.45, 2.75) is 6.92 Å². The monoisotopic (exact) mass is 316 g/mol. The zero-order chi connectivity index (χ0) is 16.8. The molecule has 9 nitrogen and oxygen atoms in total. The predicted octanol–water partition coefficient (Wildman–Crippen LogP) is 1.59. The first-order chi connectivity index (χ1) is 11.0. The molecule has 2 rings (SSSR count). The molecule has 0 unspecified atom stereocenters. The van der Waals surface area contributed by atoms with Gasteiger partial charge in [0, 0.05) is 5.69 Å². The van der Waals surface area contributed by atoms with E-state index in [1.165, 1.54) is 6.07 Å². The first-order valence-electron chi connectivity index (χ1n) is 6.41. The molecule has 0 fully saturated rings. The smallest absolute Gasteiger partial charge is 0.400 e. The van der Waals surface area contributed by atoms with E-state index in [1.54, 1.807) is 24.3 Å². The molecule has 0 aliphatic heterocycles. The fraction of sp³-hybridized carbons (Fsp3) is 0.0714. The first-order valence-corrected chi connectivity index (χ1v) is 6.41. The molecule has 2 amide bonds. The minimum absolute atomic E-state index is 0.0657. The van der Waals surface area contributed by atoms with Gasteiger partial charge in [-0.25, -0.2) is 5.43 Å². The Balaban J connectivity index is 1.88. The lowest BCUT2D eigenvalue weighted by molar-refractivity contribution is -0.402. The molecule has 23 heavy (non-hydrogen) atoms. The van der Waals surface area contributed by atoms with Gasteiger partial charge in [0.05, 0.1) is 12.3 Å². The molecule has 9 heteroatoms. The largest absolute Gasteiger partial charge is 0.433 e. The number of hydrogen-bond donors (Lipinski definition) is 2. The second kappa shape index (κ2) is 6.98. The van der Waals surface area contributed by atoms with Gasteiger partial charge in [-0.3, -0.25) is 19.7 Å². The zero-order valence-electron chi connectivity index (χ0n) is 12.0. The van der Waals surface area contributed by atoms with Crippen LogP contribution in [0.1, 0.15) is 11.3 Å². The van der Waals surface area contributed by atoms with Crippen LogP contribution >= 0.6 is 0 Å². The summed E-state index contributed by atoms with van der Waals surface area (Å²) >= 11 is 0. The van der Waals surface area contributed by atoms with Crippen LogP contribution in [0.4, 0.5) is 11.6 Å². The van der Waals surface area contributed by atoms with Gasteiger partial charge in [0.25, 0.3) is 0 Å². The van der Waals surface area contributed by atoms with Crippen molar-refractivity contribution in [2.24, 2.45) is 5.10 Å². The third-order valence-electron chi connectivity index (χ3n) is 2.67. The highest BCUT2D eigenvalue weighted by atomic mass is 16.6. The maximum atomic E-state index is 11.6. The number of hydrazone groups is 1. The summed E-state index contributed by atoms with van der Waals surface area (Å²) in [5, 5.41) is 16.3. The lowest BCUT2D eigenvalue weighted by atomic mass is 10.2. The summed E-state index contributed by atoms with van der Waals surface area (Å²) in [6.45, 7) is 1.89. The van der Waals surface area contributed by atoms with Crippen LogP contribution in [0.3, 0.4) is 0 Å². The summed E-state index contributed by atoms with van der Waals surface area (Å²) in [6, 6.07) is 9.34. The van der Waals surface area contributed by atoms with Crippen LogP contribution in [-0.2, 0) is 9.59 Å². The highest BCUT2D eigenvalue weighted by Crippen LogP contribution is 2.13. The second-order valence-electron chi connectivity index (χ2n) is 4.45. The standard InChI is InChI=1S/C14H12N4O5/c1-9-2-4-10(5-3-9)16-13(19)14(20)17-15-8-11-6-7-12(23-11)18(21)22/h2-8H,1H3,(H,16,19)(H,17,20)/b15-8-. The van der Waals surface area contributed by atoms with Gasteiger partial charge in [0.1, 0.15) is 4.92 Å². The number of hydrogen-bond acceptors (Lipinski definition) is 6. The average Bonchev–Trinajstić information content (AvgIpc) is 2.98. The van der Waals surface area contributed by atoms with E-state index < -0.39 is 22.6 Å². The minimum Gasteiger partial charge on any atom is -0.400 e. The van der Waals surface area contributed by atoms with E-state index in [0.29, 0.717) is 5.69 Å². The van der Waals surface area contributed by atoms with E-state index >= 15 is 0 Å². The van der Waals surface area contributed by atoms with Gasteiger partial charge >= 0.3 is 17.7 Å². The summed E-state index contributed by atoms with van der Waals surface area (Å²) < 4.78 is 4.79. The fourth-order valence-electron chi connectivity index (χ4n) is 1.54. The minimum atomic E-state index is -0.983. The van der Waals surface area contributed by atoms with Gasteiger partial charge in [-0.05, 0) is 25.1 Å². The Bertz CT molecular complexity index is 764. The molecule has 0 bridgehead atoms. The third-order valence-corrected chi connectivity index (χ3v) is 2.67. The SMILES string of the molecule is Cc1ccc(NC(=O)C(=O)N/N=C\c2ccc([N+](=O)[O-])o2)cc1. The molecule has 0 saturated carbocycles. The molecule has 0 aliphatic carbocycles.